The van der Waals surface area contributed by atoms with Crippen molar-refractivity contribution in [2.75, 3.05) is 6.54 Å². The smallest absolute Gasteiger partial charge is 0.208 e. The van der Waals surface area contributed by atoms with Crippen LogP contribution < -0.4 is 0 Å². The zero-order valence-electron chi connectivity index (χ0n) is 11.6. The number of allylic oxidation sites excluding steroid dienone is 1. The van der Waals surface area contributed by atoms with Crippen molar-refractivity contribution in [1.82, 2.24) is 9.55 Å². The highest BCUT2D eigenvalue weighted by atomic mass is 19.1. The van der Waals surface area contributed by atoms with Crippen molar-refractivity contribution in [3.05, 3.63) is 54.4 Å². The lowest BCUT2D eigenvalue weighted by Gasteiger charge is -2.14. The fourth-order valence-electron chi connectivity index (χ4n) is 3.01. The minimum Gasteiger partial charge on any atom is -0.344 e. The van der Waals surface area contributed by atoms with E-state index in [9.17, 15) is 4.39 Å². The second-order valence-electron chi connectivity index (χ2n) is 5.36. The van der Waals surface area contributed by atoms with Crippen LogP contribution in [0.25, 0.3) is 21.8 Å². The summed E-state index contributed by atoms with van der Waals surface area (Å²) < 4.78 is 15.2. The molecule has 1 atom stereocenters. The molecule has 4 rings (SSSR count). The first kappa shape index (κ1) is 12.3. The quantitative estimate of drug-likeness (QED) is 0.667. The zero-order valence-corrected chi connectivity index (χ0v) is 11.6. The molecule has 0 saturated carbocycles. The minimum absolute atomic E-state index is 0.144. The molecule has 0 aliphatic carbocycles. The average Bonchev–Trinajstić information content (AvgIpc) is 2.81. The van der Waals surface area contributed by atoms with E-state index in [4.69, 9.17) is 0 Å². The van der Waals surface area contributed by atoms with Gasteiger partial charge in [-0.1, -0.05) is 18.2 Å². The van der Waals surface area contributed by atoms with E-state index in [1.165, 1.54) is 22.5 Å². The fourth-order valence-corrected chi connectivity index (χ4v) is 3.01. The maximum Gasteiger partial charge on any atom is 0.208 e. The van der Waals surface area contributed by atoms with Crippen LogP contribution in [0.4, 0.5) is 4.39 Å². The molecule has 0 fully saturated rings. The van der Waals surface area contributed by atoms with E-state index < -0.39 is 0 Å². The largest absolute Gasteiger partial charge is 0.344 e. The Bertz CT molecular complexity index is 905. The first-order chi connectivity index (χ1) is 10.2. The van der Waals surface area contributed by atoms with Crippen LogP contribution in [0.2, 0.25) is 0 Å². The number of dihydropyridines is 1. The lowest BCUT2D eigenvalue weighted by Crippen LogP contribution is -2.06. The van der Waals surface area contributed by atoms with Gasteiger partial charge in [0.2, 0.25) is 5.97 Å². The zero-order chi connectivity index (χ0) is 14.4. The maximum absolute atomic E-state index is 13.0. The van der Waals surface area contributed by atoms with Crippen molar-refractivity contribution in [2.45, 2.75) is 5.92 Å². The molecular weight excluding hydrogens is 265 g/mol. The molecule has 1 aliphatic rings. The van der Waals surface area contributed by atoms with E-state index in [1.54, 1.807) is 0 Å². The van der Waals surface area contributed by atoms with Gasteiger partial charge < -0.3 is 4.57 Å². The third-order valence-electron chi connectivity index (χ3n) is 4.17. The van der Waals surface area contributed by atoms with Gasteiger partial charge in [0.1, 0.15) is 0 Å². The number of aromatic nitrogens is 2. The lowest BCUT2D eigenvalue weighted by molar-refractivity contribution is 0.756. The standard InChI is InChI=1S/C17H14FN3/c1-21-15-6-7-19-10-14(15)13-4-2-11(8-16(13)21)12-3-5-17(18)20-9-12/h2-8,10,12H,9H2,1H3. The summed E-state index contributed by atoms with van der Waals surface area (Å²) in [5, 5.41) is 2.35. The highest BCUT2D eigenvalue weighted by Gasteiger charge is 2.15. The van der Waals surface area contributed by atoms with Crippen LogP contribution in [0.5, 0.6) is 0 Å². The summed E-state index contributed by atoms with van der Waals surface area (Å²) >= 11 is 0. The predicted molar refractivity (Wildman–Crippen MR) is 83.5 cm³/mol. The van der Waals surface area contributed by atoms with Crippen molar-refractivity contribution in [1.29, 1.82) is 0 Å². The Morgan fingerprint density at radius 3 is 2.90 bits per heavy atom. The third-order valence-corrected chi connectivity index (χ3v) is 4.17. The molecule has 1 aromatic carbocycles. The van der Waals surface area contributed by atoms with Gasteiger partial charge in [-0.15, -0.1) is 0 Å². The van der Waals surface area contributed by atoms with Gasteiger partial charge >= 0.3 is 0 Å². The number of rotatable bonds is 1. The van der Waals surface area contributed by atoms with Gasteiger partial charge in [0.25, 0.3) is 0 Å². The Balaban J connectivity index is 1.89. The number of aliphatic imine (C=N–C) groups is 1. The molecule has 0 amide bonds. The van der Waals surface area contributed by atoms with Gasteiger partial charge in [-0.2, -0.15) is 4.39 Å². The van der Waals surface area contributed by atoms with Gasteiger partial charge in [0, 0.05) is 41.6 Å². The van der Waals surface area contributed by atoms with Gasteiger partial charge in [0.15, 0.2) is 0 Å². The molecule has 104 valence electrons. The number of nitrogens with zero attached hydrogens (tertiary/aromatic N) is 3. The summed E-state index contributed by atoms with van der Waals surface area (Å²) in [5.41, 5.74) is 3.49. The van der Waals surface area contributed by atoms with Gasteiger partial charge in [-0.25, -0.2) is 0 Å². The van der Waals surface area contributed by atoms with Crippen LogP contribution in [0.15, 0.2) is 53.8 Å². The summed E-state index contributed by atoms with van der Waals surface area (Å²) in [5.74, 6) is -0.243. The topological polar surface area (TPSA) is 30.2 Å². The van der Waals surface area contributed by atoms with Crippen LogP contribution >= 0.6 is 0 Å². The number of fused-ring (bicyclic) bond motifs is 3. The number of benzene rings is 1. The van der Waals surface area contributed by atoms with Crippen molar-refractivity contribution < 1.29 is 4.39 Å². The van der Waals surface area contributed by atoms with Gasteiger partial charge in [0.05, 0.1) is 12.1 Å². The number of halogens is 1. The van der Waals surface area contributed by atoms with Crippen LogP contribution in [0.3, 0.4) is 0 Å². The molecule has 3 aromatic rings. The second-order valence-corrected chi connectivity index (χ2v) is 5.36. The first-order valence-electron chi connectivity index (χ1n) is 6.94. The molecule has 4 heteroatoms. The minimum atomic E-state index is -0.386. The maximum atomic E-state index is 13.0. The van der Waals surface area contributed by atoms with Crippen molar-refractivity contribution in [3.8, 4) is 0 Å². The Hall–Kier alpha value is -2.49. The highest BCUT2D eigenvalue weighted by Crippen LogP contribution is 2.31. The van der Waals surface area contributed by atoms with Crippen LogP contribution in [0, 0.1) is 0 Å². The van der Waals surface area contributed by atoms with Crippen LogP contribution in [-0.2, 0) is 7.05 Å². The van der Waals surface area contributed by atoms with Gasteiger partial charge in [-0.3, -0.25) is 9.98 Å². The monoisotopic (exact) mass is 279 g/mol. The average molecular weight is 279 g/mol. The molecule has 1 aliphatic heterocycles. The predicted octanol–water partition coefficient (Wildman–Crippen LogP) is 3.75. The summed E-state index contributed by atoms with van der Waals surface area (Å²) in [6.45, 7) is 0.472. The van der Waals surface area contributed by atoms with E-state index in [1.807, 2.05) is 24.5 Å². The van der Waals surface area contributed by atoms with E-state index in [0.29, 0.717) is 6.54 Å². The lowest BCUT2D eigenvalue weighted by atomic mass is 9.96. The number of hydrogen-bond donors (Lipinski definition) is 0. The molecule has 21 heavy (non-hydrogen) atoms. The number of hydrogen-bond acceptors (Lipinski definition) is 2. The highest BCUT2D eigenvalue weighted by molar-refractivity contribution is 6.07. The molecule has 3 nitrogen and oxygen atoms in total. The molecule has 2 aromatic heterocycles. The molecule has 0 N–H and O–H groups in total. The third kappa shape index (κ3) is 1.87. The Kier molecular flexibility index (Phi) is 2.64. The molecule has 0 spiro atoms. The van der Waals surface area contributed by atoms with Crippen LogP contribution in [-0.4, -0.2) is 22.1 Å². The summed E-state index contributed by atoms with van der Waals surface area (Å²) in [4.78, 5) is 8.09. The molecular formula is C17H14FN3. The Morgan fingerprint density at radius 2 is 2.10 bits per heavy atom. The van der Waals surface area contributed by atoms with Crippen molar-refractivity contribution in [3.63, 3.8) is 0 Å². The summed E-state index contributed by atoms with van der Waals surface area (Å²) in [7, 11) is 2.06. The van der Waals surface area contributed by atoms with E-state index in [2.05, 4.69) is 39.8 Å². The number of aryl methyl sites for hydroxylation is 1. The van der Waals surface area contributed by atoms with E-state index in [-0.39, 0.29) is 11.9 Å². The second kappa shape index (κ2) is 4.52. The normalized spacial score (nSPS) is 18.4. The Labute approximate surface area is 121 Å². The molecule has 0 radical (unpaired) electrons. The van der Waals surface area contributed by atoms with E-state index >= 15 is 0 Å². The van der Waals surface area contributed by atoms with E-state index in [0.717, 1.165) is 10.9 Å². The SMILES string of the molecule is Cn1c2ccncc2c2ccc(C3C=CC(F)=NC3)cc21. The molecule has 0 saturated heterocycles. The van der Waals surface area contributed by atoms with Crippen LogP contribution in [0.1, 0.15) is 11.5 Å². The summed E-state index contributed by atoms with van der Waals surface area (Å²) in [6, 6.07) is 8.41. The summed E-state index contributed by atoms with van der Waals surface area (Å²) in [6.07, 6.45) is 7.04. The first-order valence-corrected chi connectivity index (χ1v) is 6.94. The van der Waals surface area contributed by atoms with Crippen molar-refractivity contribution >= 4 is 27.8 Å². The van der Waals surface area contributed by atoms with Crippen molar-refractivity contribution in [2.24, 2.45) is 12.0 Å². The number of pyridine rings is 1. The molecule has 1 unspecified atom stereocenters. The van der Waals surface area contributed by atoms with Gasteiger partial charge in [-0.05, 0) is 23.8 Å². The fraction of sp³-hybridized carbons (Fsp3) is 0.176. The molecule has 3 heterocycles. The Morgan fingerprint density at radius 1 is 1.19 bits per heavy atom. The molecule has 0 bridgehead atoms.